The summed E-state index contributed by atoms with van der Waals surface area (Å²) in [5, 5.41) is 3.25. The second-order valence-electron chi connectivity index (χ2n) is 12.3. The summed E-state index contributed by atoms with van der Waals surface area (Å²) in [5.41, 5.74) is 2.01. The molecule has 1 saturated carbocycles. The van der Waals surface area contributed by atoms with Crippen LogP contribution in [0.5, 0.6) is 5.75 Å². The Morgan fingerprint density at radius 2 is 1.58 bits per heavy atom. The molecule has 4 aromatic carbocycles. The number of sulfonamides is 1. The molecule has 264 valence electrons. The van der Waals surface area contributed by atoms with Gasteiger partial charge < -0.3 is 15.0 Å². The molecule has 1 atom stereocenters. The van der Waals surface area contributed by atoms with Crippen LogP contribution >= 0.6 is 27.7 Å². The summed E-state index contributed by atoms with van der Waals surface area (Å²) in [6.45, 7) is 1.92. The highest BCUT2D eigenvalue weighted by Crippen LogP contribution is 2.29. The number of ether oxygens (including phenoxy) is 1. The minimum atomic E-state index is -4.21. The van der Waals surface area contributed by atoms with Crippen molar-refractivity contribution in [3.05, 3.63) is 119 Å². The van der Waals surface area contributed by atoms with Gasteiger partial charge in [0.1, 0.15) is 18.3 Å². The standard InChI is InChI=1S/C39H44BrN3O5S2/c1-3-48-34-19-17-33(18-20-34)43(50(46,47)36-23-21-35(49-2)22-24-36)28-38(44)42(27-30-13-10-14-31(40)25-30)37(26-29-11-6-4-7-12-29)39(45)41-32-15-8-5-9-16-32/h4,6-7,10-14,17-25,32,37H,3,5,8-9,15-16,26-28H2,1-2H3,(H,41,45). The molecule has 8 nitrogen and oxygen atoms in total. The molecule has 0 bridgehead atoms. The van der Waals surface area contributed by atoms with E-state index < -0.39 is 28.5 Å². The summed E-state index contributed by atoms with van der Waals surface area (Å²) < 4.78 is 36.4. The van der Waals surface area contributed by atoms with E-state index in [1.165, 1.54) is 11.8 Å². The van der Waals surface area contributed by atoms with Gasteiger partial charge in [-0.05, 0) is 97.8 Å². The fourth-order valence-corrected chi connectivity index (χ4v) is 8.48. The lowest BCUT2D eigenvalue weighted by atomic mass is 9.94. The van der Waals surface area contributed by atoms with Crippen LogP contribution in [-0.2, 0) is 32.6 Å². The Labute approximate surface area is 308 Å². The molecule has 1 unspecified atom stereocenters. The highest BCUT2D eigenvalue weighted by molar-refractivity contribution is 9.10. The first kappa shape index (κ1) is 37.5. The molecule has 1 fully saturated rings. The predicted octanol–water partition coefficient (Wildman–Crippen LogP) is 7.85. The Kier molecular flexibility index (Phi) is 13.4. The van der Waals surface area contributed by atoms with Crippen molar-refractivity contribution in [2.45, 2.75) is 73.9 Å². The van der Waals surface area contributed by atoms with Gasteiger partial charge in [0.05, 0.1) is 17.2 Å². The third kappa shape index (κ3) is 9.92. The van der Waals surface area contributed by atoms with Gasteiger partial charge >= 0.3 is 0 Å². The Bertz CT molecular complexity index is 1820. The number of hydrogen-bond acceptors (Lipinski definition) is 6. The maximum absolute atomic E-state index is 14.8. The SMILES string of the molecule is CCOc1ccc(N(CC(=O)N(Cc2cccc(Br)c2)C(Cc2ccccc2)C(=O)NC2CCCCC2)S(=O)(=O)c2ccc(SC)cc2)cc1. The Hall–Kier alpha value is -3.80. The number of hydrogen-bond donors (Lipinski definition) is 1. The van der Waals surface area contributed by atoms with Crippen LogP contribution in [0.3, 0.4) is 0 Å². The molecule has 1 aliphatic carbocycles. The number of nitrogens with one attached hydrogen (secondary N) is 1. The van der Waals surface area contributed by atoms with Crippen molar-refractivity contribution in [2.24, 2.45) is 0 Å². The number of carbonyl (C=O) groups excluding carboxylic acids is 2. The van der Waals surface area contributed by atoms with Crippen LogP contribution in [0.4, 0.5) is 5.69 Å². The van der Waals surface area contributed by atoms with Gasteiger partial charge in [-0.2, -0.15) is 0 Å². The molecule has 0 heterocycles. The highest BCUT2D eigenvalue weighted by atomic mass is 79.9. The number of halogens is 1. The molecular formula is C39H44BrN3O5S2. The molecule has 1 aliphatic rings. The number of thioether (sulfide) groups is 1. The molecule has 5 rings (SSSR count). The highest BCUT2D eigenvalue weighted by Gasteiger charge is 2.35. The number of carbonyl (C=O) groups is 2. The van der Waals surface area contributed by atoms with Crippen LogP contribution in [0.15, 0.2) is 117 Å². The van der Waals surface area contributed by atoms with Gasteiger partial charge in [0.25, 0.3) is 10.0 Å². The van der Waals surface area contributed by atoms with E-state index in [1.807, 2.05) is 67.8 Å². The quantitative estimate of drug-likeness (QED) is 0.124. The minimum Gasteiger partial charge on any atom is -0.494 e. The minimum absolute atomic E-state index is 0.0299. The molecule has 0 aromatic heterocycles. The first-order valence-electron chi connectivity index (χ1n) is 17.0. The van der Waals surface area contributed by atoms with E-state index in [1.54, 1.807) is 53.4 Å². The third-order valence-electron chi connectivity index (χ3n) is 8.83. The molecular weight excluding hydrogens is 734 g/mol. The first-order valence-corrected chi connectivity index (χ1v) is 20.4. The smallest absolute Gasteiger partial charge is 0.264 e. The van der Waals surface area contributed by atoms with Gasteiger partial charge in [-0.3, -0.25) is 13.9 Å². The van der Waals surface area contributed by atoms with Crippen molar-refractivity contribution >= 4 is 55.2 Å². The molecule has 0 aliphatic heterocycles. The van der Waals surface area contributed by atoms with E-state index >= 15 is 0 Å². The number of benzene rings is 4. The average Bonchev–Trinajstić information content (AvgIpc) is 3.13. The van der Waals surface area contributed by atoms with Gasteiger partial charge in [0, 0.05) is 28.4 Å². The van der Waals surface area contributed by atoms with E-state index in [2.05, 4.69) is 21.2 Å². The van der Waals surface area contributed by atoms with E-state index in [-0.39, 0.29) is 29.8 Å². The van der Waals surface area contributed by atoms with Gasteiger partial charge in [0.2, 0.25) is 11.8 Å². The fourth-order valence-electron chi connectivity index (χ4n) is 6.21. The summed E-state index contributed by atoms with van der Waals surface area (Å²) in [5.74, 6) is -0.155. The third-order valence-corrected chi connectivity index (χ3v) is 11.9. The predicted molar refractivity (Wildman–Crippen MR) is 204 cm³/mol. The normalized spacial score (nSPS) is 14.1. The average molecular weight is 779 g/mol. The van der Waals surface area contributed by atoms with Crippen LogP contribution < -0.4 is 14.4 Å². The monoisotopic (exact) mass is 777 g/mol. The fraction of sp³-hybridized carbons (Fsp3) is 0.333. The van der Waals surface area contributed by atoms with E-state index in [0.717, 1.165) is 56.9 Å². The maximum Gasteiger partial charge on any atom is 0.264 e. The van der Waals surface area contributed by atoms with Crippen molar-refractivity contribution in [3.63, 3.8) is 0 Å². The van der Waals surface area contributed by atoms with Crippen molar-refractivity contribution in [2.75, 3.05) is 23.7 Å². The van der Waals surface area contributed by atoms with E-state index in [9.17, 15) is 18.0 Å². The van der Waals surface area contributed by atoms with Crippen molar-refractivity contribution in [1.82, 2.24) is 10.2 Å². The second kappa shape index (κ2) is 17.9. The molecule has 11 heteroatoms. The van der Waals surface area contributed by atoms with Crippen molar-refractivity contribution in [3.8, 4) is 5.75 Å². The van der Waals surface area contributed by atoms with Crippen LogP contribution in [0.25, 0.3) is 0 Å². The summed E-state index contributed by atoms with van der Waals surface area (Å²) in [7, 11) is -4.21. The second-order valence-corrected chi connectivity index (χ2v) is 16.0. The van der Waals surface area contributed by atoms with Gasteiger partial charge in [-0.1, -0.05) is 77.7 Å². The number of rotatable bonds is 15. The van der Waals surface area contributed by atoms with Gasteiger partial charge in [-0.25, -0.2) is 8.42 Å². The summed E-state index contributed by atoms with van der Waals surface area (Å²) in [6.07, 6.45) is 7.20. The Morgan fingerprint density at radius 3 is 2.22 bits per heavy atom. The zero-order valence-corrected chi connectivity index (χ0v) is 31.7. The van der Waals surface area contributed by atoms with Crippen LogP contribution in [0.1, 0.15) is 50.2 Å². The first-order chi connectivity index (χ1) is 24.2. The molecule has 0 radical (unpaired) electrons. The zero-order chi connectivity index (χ0) is 35.5. The van der Waals surface area contributed by atoms with Gasteiger partial charge in [0.15, 0.2) is 0 Å². The topological polar surface area (TPSA) is 96.0 Å². The van der Waals surface area contributed by atoms with Gasteiger partial charge in [-0.15, -0.1) is 11.8 Å². The number of nitrogens with zero attached hydrogens (tertiary/aromatic N) is 2. The largest absolute Gasteiger partial charge is 0.494 e. The van der Waals surface area contributed by atoms with Crippen molar-refractivity contribution in [1.29, 1.82) is 0 Å². The van der Waals surface area contributed by atoms with Crippen LogP contribution in [0.2, 0.25) is 0 Å². The van der Waals surface area contributed by atoms with Crippen LogP contribution in [-0.4, -0.2) is 56.6 Å². The number of amides is 2. The summed E-state index contributed by atoms with van der Waals surface area (Å²) in [4.78, 5) is 31.6. The Morgan fingerprint density at radius 1 is 0.900 bits per heavy atom. The molecule has 4 aromatic rings. The zero-order valence-electron chi connectivity index (χ0n) is 28.5. The van der Waals surface area contributed by atoms with Crippen molar-refractivity contribution < 1.29 is 22.7 Å². The maximum atomic E-state index is 14.8. The molecule has 1 N–H and O–H groups in total. The summed E-state index contributed by atoms with van der Waals surface area (Å²) in [6, 6.07) is 29.6. The lowest BCUT2D eigenvalue weighted by Crippen LogP contribution is -2.55. The van der Waals surface area contributed by atoms with E-state index in [4.69, 9.17) is 4.74 Å². The number of anilines is 1. The summed E-state index contributed by atoms with van der Waals surface area (Å²) >= 11 is 5.05. The Balaban J connectivity index is 1.56. The van der Waals surface area contributed by atoms with E-state index in [0.29, 0.717) is 18.0 Å². The lowest BCUT2D eigenvalue weighted by molar-refractivity contribution is -0.140. The molecule has 0 saturated heterocycles. The molecule has 2 amide bonds. The lowest BCUT2D eigenvalue weighted by Gasteiger charge is -2.35. The molecule has 0 spiro atoms. The molecule has 50 heavy (non-hydrogen) atoms. The van der Waals surface area contributed by atoms with Crippen LogP contribution in [0, 0.1) is 0 Å².